The molecule has 0 fully saturated rings. The molecule has 0 saturated heterocycles. The van der Waals surface area contributed by atoms with E-state index in [1.54, 1.807) is 6.07 Å². The fourth-order valence-corrected chi connectivity index (χ4v) is 5.53. The summed E-state index contributed by atoms with van der Waals surface area (Å²) < 4.78 is 51.1. The van der Waals surface area contributed by atoms with Gasteiger partial charge in [-0.25, -0.2) is 21.1 Å². The molecule has 1 heterocycles. The molecule has 0 saturated carbocycles. The highest BCUT2D eigenvalue weighted by molar-refractivity contribution is 7.93. The number of hydrogen-bond donors (Lipinski definition) is 0. The van der Waals surface area contributed by atoms with E-state index in [2.05, 4.69) is 0 Å². The van der Waals surface area contributed by atoms with Crippen LogP contribution >= 0.6 is 0 Å². The fourth-order valence-electron chi connectivity index (χ4n) is 2.67. The molecule has 0 aromatic heterocycles. The van der Waals surface area contributed by atoms with Crippen LogP contribution in [-0.4, -0.2) is 52.8 Å². The van der Waals surface area contributed by atoms with E-state index in [1.807, 2.05) is 25.1 Å². The quantitative estimate of drug-likeness (QED) is 0.772. The Morgan fingerprint density at radius 1 is 1.14 bits per heavy atom. The number of fused-ring (bicyclic) bond motifs is 1. The van der Waals surface area contributed by atoms with Crippen LogP contribution in [0, 0.1) is 0 Å². The Bertz CT molecular complexity index is 742. The maximum Gasteiger partial charge on any atom is 0.235 e. The molecule has 1 aliphatic heterocycles. The molecule has 1 unspecified atom stereocenters. The number of anilines is 1. The second kappa shape index (κ2) is 6.17. The van der Waals surface area contributed by atoms with E-state index in [9.17, 15) is 16.8 Å². The van der Waals surface area contributed by atoms with Crippen LogP contribution in [0.4, 0.5) is 5.69 Å². The van der Waals surface area contributed by atoms with Gasteiger partial charge in [-0.3, -0.25) is 4.31 Å². The predicted molar refractivity (Wildman–Crippen MR) is 88.0 cm³/mol. The van der Waals surface area contributed by atoms with Crippen LogP contribution in [0.2, 0.25) is 0 Å². The van der Waals surface area contributed by atoms with Crippen molar-refractivity contribution in [3.05, 3.63) is 29.8 Å². The van der Waals surface area contributed by atoms with Crippen molar-refractivity contribution >= 4 is 25.7 Å². The topological polar surface area (TPSA) is 74.8 Å². The molecule has 0 spiro atoms. The third kappa shape index (κ3) is 3.44. The van der Waals surface area contributed by atoms with Gasteiger partial charge < -0.3 is 0 Å². The second-order valence-electron chi connectivity index (χ2n) is 5.75. The van der Waals surface area contributed by atoms with Crippen molar-refractivity contribution in [2.45, 2.75) is 25.8 Å². The number of nitrogens with zero attached hydrogens (tertiary/aromatic N) is 2. The van der Waals surface area contributed by atoms with E-state index >= 15 is 0 Å². The SMILES string of the molecule is CC1Cc2ccccc2N1S(=O)(=O)CCCS(=O)(=O)N(C)C. The van der Waals surface area contributed by atoms with Gasteiger partial charge in [0.15, 0.2) is 0 Å². The zero-order chi connectivity index (χ0) is 16.5. The molecule has 1 aromatic rings. The first-order chi connectivity index (χ1) is 10.1. The number of rotatable bonds is 6. The van der Waals surface area contributed by atoms with Gasteiger partial charge in [-0.1, -0.05) is 18.2 Å². The summed E-state index contributed by atoms with van der Waals surface area (Å²) in [5, 5.41) is 0. The minimum Gasteiger partial charge on any atom is -0.267 e. The van der Waals surface area contributed by atoms with Gasteiger partial charge in [0, 0.05) is 20.1 Å². The van der Waals surface area contributed by atoms with Gasteiger partial charge in [0.1, 0.15) is 0 Å². The van der Waals surface area contributed by atoms with Crippen LogP contribution in [0.1, 0.15) is 18.9 Å². The van der Waals surface area contributed by atoms with Gasteiger partial charge >= 0.3 is 0 Å². The molecule has 1 atom stereocenters. The molecule has 0 N–H and O–H groups in total. The van der Waals surface area contributed by atoms with Crippen molar-refractivity contribution in [3.63, 3.8) is 0 Å². The highest BCUT2D eigenvalue weighted by atomic mass is 32.2. The number of sulfonamides is 2. The summed E-state index contributed by atoms with van der Waals surface area (Å²) in [5.74, 6) is -0.332. The monoisotopic (exact) mass is 346 g/mol. The Morgan fingerprint density at radius 2 is 1.77 bits per heavy atom. The molecule has 8 heteroatoms. The van der Waals surface area contributed by atoms with E-state index in [4.69, 9.17) is 0 Å². The number of para-hydroxylation sites is 1. The average Bonchev–Trinajstić information content (AvgIpc) is 2.74. The van der Waals surface area contributed by atoms with Gasteiger partial charge in [0.2, 0.25) is 20.0 Å². The molecule has 0 bridgehead atoms. The minimum atomic E-state index is -3.52. The Balaban J connectivity index is 2.12. The molecule has 2 rings (SSSR count). The smallest absolute Gasteiger partial charge is 0.235 e. The molecule has 124 valence electrons. The molecule has 6 nitrogen and oxygen atoms in total. The Morgan fingerprint density at radius 3 is 2.41 bits per heavy atom. The Hall–Kier alpha value is -1.12. The molecule has 1 aromatic carbocycles. The van der Waals surface area contributed by atoms with Crippen LogP contribution in [-0.2, 0) is 26.5 Å². The van der Waals surface area contributed by atoms with Crippen LogP contribution in [0.3, 0.4) is 0 Å². The van der Waals surface area contributed by atoms with Crippen LogP contribution in [0.15, 0.2) is 24.3 Å². The summed E-state index contributed by atoms with van der Waals surface area (Å²) in [6.45, 7) is 1.87. The first kappa shape index (κ1) is 17.2. The standard InChI is InChI=1S/C14H22N2O4S2/c1-12-11-13-7-4-5-8-14(13)16(12)22(19,20)10-6-9-21(17,18)15(2)3/h4-5,7-8,12H,6,9-11H2,1-3H3. The van der Waals surface area contributed by atoms with Gasteiger partial charge in [-0.2, -0.15) is 0 Å². The third-order valence-corrected chi connectivity index (χ3v) is 7.68. The normalized spacial score (nSPS) is 18.7. The van der Waals surface area contributed by atoms with Gasteiger partial charge in [0.05, 0.1) is 17.2 Å². The van der Waals surface area contributed by atoms with Gasteiger partial charge in [0.25, 0.3) is 0 Å². The van der Waals surface area contributed by atoms with Crippen LogP contribution < -0.4 is 4.31 Å². The maximum atomic E-state index is 12.6. The van der Waals surface area contributed by atoms with Gasteiger partial charge in [-0.05, 0) is 31.4 Å². The van der Waals surface area contributed by atoms with E-state index < -0.39 is 20.0 Å². The molecule has 0 radical (unpaired) electrons. The van der Waals surface area contributed by atoms with Crippen molar-refractivity contribution < 1.29 is 16.8 Å². The first-order valence-electron chi connectivity index (χ1n) is 7.15. The molecule has 0 aliphatic carbocycles. The first-order valence-corrected chi connectivity index (χ1v) is 10.4. The summed E-state index contributed by atoms with van der Waals surface area (Å²) in [6, 6.07) is 7.30. The third-order valence-electron chi connectivity index (χ3n) is 3.81. The molecule has 0 amide bonds. The van der Waals surface area contributed by atoms with Crippen LogP contribution in [0.25, 0.3) is 0 Å². The van der Waals surface area contributed by atoms with Crippen molar-refractivity contribution in [1.82, 2.24) is 4.31 Å². The van der Waals surface area contributed by atoms with E-state index in [0.29, 0.717) is 12.1 Å². The number of hydrogen-bond acceptors (Lipinski definition) is 4. The van der Waals surface area contributed by atoms with Crippen molar-refractivity contribution in [2.24, 2.45) is 0 Å². The minimum absolute atomic E-state index is 0.0915. The summed E-state index contributed by atoms with van der Waals surface area (Å²) in [5.41, 5.74) is 1.73. The molecule has 22 heavy (non-hydrogen) atoms. The van der Waals surface area contributed by atoms with E-state index in [1.165, 1.54) is 18.4 Å². The highest BCUT2D eigenvalue weighted by Gasteiger charge is 2.34. The lowest BCUT2D eigenvalue weighted by molar-refractivity contribution is 0.519. The molecule has 1 aliphatic rings. The Labute approximate surface area is 132 Å². The van der Waals surface area contributed by atoms with E-state index in [0.717, 1.165) is 9.87 Å². The lowest BCUT2D eigenvalue weighted by Crippen LogP contribution is -2.38. The largest absolute Gasteiger partial charge is 0.267 e. The zero-order valence-electron chi connectivity index (χ0n) is 13.1. The summed E-state index contributed by atoms with van der Waals surface area (Å²) >= 11 is 0. The maximum absolute atomic E-state index is 12.6. The molecular weight excluding hydrogens is 324 g/mol. The summed E-state index contributed by atoms with van der Waals surface area (Å²) in [4.78, 5) is 0. The average molecular weight is 346 g/mol. The van der Waals surface area contributed by atoms with Crippen molar-refractivity contribution in [1.29, 1.82) is 0 Å². The van der Waals surface area contributed by atoms with Crippen molar-refractivity contribution in [2.75, 3.05) is 29.9 Å². The van der Waals surface area contributed by atoms with Crippen molar-refractivity contribution in [3.8, 4) is 0 Å². The van der Waals surface area contributed by atoms with E-state index in [-0.39, 0.29) is 24.0 Å². The fraction of sp³-hybridized carbons (Fsp3) is 0.571. The molecular formula is C14H22N2O4S2. The van der Waals surface area contributed by atoms with Gasteiger partial charge in [-0.15, -0.1) is 0 Å². The highest BCUT2D eigenvalue weighted by Crippen LogP contribution is 2.34. The summed E-state index contributed by atoms with van der Waals surface area (Å²) in [6.07, 6.45) is 0.777. The lowest BCUT2D eigenvalue weighted by atomic mass is 10.1. The van der Waals surface area contributed by atoms with Crippen LogP contribution in [0.5, 0.6) is 0 Å². The zero-order valence-corrected chi connectivity index (χ0v) is 14.7. The summed E-state index contributed by atoms with van der Waals surface area (Å²) in [7, 11) is -3.99. The predicted octanol–water partition coefficient (Wildman–Crippen LogP) is 1.05. The number of benzene rings is 1. The second-order valence-corrected chi connectivity index (χ2v) is 10.0. The lowest BCUT2D eigenvalue weighted by Gasteiger charge is -2.24. The Kier molecular flexibility index (Phi) is 4.84.